The van der Waals surface area contributed by atoms with Gasteiger partial charge < -0.3 is 9.64 Å². The van der Waals surface area contributed by atoms with Crippen LogP contribution in [0.5, 0.6) is 5.75 Å². The Balaban J connectivity index is 1.73. The van der Waals surface area contributed by atoms with Gasteiger partial charge in [0.05, 0.1) is 4.92 Å². The number of nitrogens with zero attached hydrogens (tertiary/aromatic N) is 2. The normalized spacial score (nSPS) is 10.3. The van der Waals surface area contributed by atoms with Gasteiger partial charge in [-0.1, -0.05) is 29.8 Å². The van der Waals surface area contributed by atoms with Crippen molar-refractivity contribution in [2.24, 2.45) is 0 Å². The predicted octanol–water partition coefficient (Wildman–Crippen LogP) is 4.40. The van der Waals surface area contributed by atoms with Gasteiger partial charge in [0.1, 0.15) is 11.3 Å². The lowest BCUT2D eigenvalue weighted by Crippen LogP contribution is -2.26. The van der Waals surface area contributed by atoms with Crippen LogP contribution in [0.2, 0.25) is 0 Å². The number of nitro benzene ring substituents is 1. The molecule has 0 aliphatic rings. The number of aryl methyl sites for hydroxylation is 1. The molecule has 0 bridgehead atoms. The Hall–Kier alpha value is -4.00. The summed E-state index contributed by atoms with van der Waals surface area (Å²) in [5.74, 6) is -0.781. The van der Waals surface area contributed by atoms with Crippen LogP contribution in [0.4, 0.5) is 11.4 Å². The zero-order chi connectivity index (χ0) is 21.0. The molecule has 0 aliphatic carbocycles. The zero-order valence-electron chi connectivity index (χ0n) is 15.9. The van der Waals surface area contributed by atoms with Crippen molar-refractivity contribution in [2.45, 2.75) is 6.92 Å². The molecule has 3 rings (SSSR count). The Morgan fingerprint density at radius 1 is 0.931 bits per heavy atom. The van der Waals surface area contributed by atoms with Crippen LogP contribution < -0.4 is 9.64 Å². The largest absolute Gasteiger partial charge is 0.423 e. The fourth-order valence-electron chi connectivity index (χ4n) is 2.71. The Bertz CT molecular complexity index is 1060. The minimum atomic E-state index is -0.825. The highest BCUT2D eigenvalue weighted by Crippen LogP contribution is 2.23. The molecular weight excluding hydrogens is 372 g/mol. The minimum Gasteiger partial charge on any atom is -0.423 e. The first kappa shape index (κ1) is 19.8. The molecule has 7 heteroatoms. The molecule has 7 nitrogen and oxygen atoms in total. The number of carbonyl (C=O) groups is 2. The molecule has 0 saturated heterocycles. The second-order valence-electron chi connectivity index (χ2n) is 6.39. The summed E-state index contributed by atoms with van der Waals surface area (Å²) in [7, 11) is 1.65. The topological polar surface area (TPSA) is 89.8 Å². The monoisotopic (exact) mass is 390 g/mol. The summed E-state index contributed by atoms with van der Waals surface area (Å²) < 4.78 is 5.24. The van der Waals surface area contributed by atoms with Crippen molar-refractivity contribution in [3.8, 4) is 5.75 Å². The van der Waals surface area contributed by atoms with Crippen molar-refractivity contribution in [3.05, 3.63) is 99.6 Å². The Labute approximate surface area is 167 Å². The zero-order valence-corrected chi connectivity index (χ0v) is 15.9. The van der Waals surface area contributed by atoms with Gasteiger partial charge in [-0.05, 0) is 49.4 Å². The summed E-state index contributed by atoms with van der Waals surface area (Å²) in [6.07, 6.45) is 0. The quantitative estimate of drug-likeness (QED) is 0.279. The van der Waals surface area contributed by atoms with Crippen LogP contribution in [-0.2, 0) is 0 Å². The average Bonchev–Trinajstić information content (AvgIpc) is 2.73. The van der Waals surface area contributed by atoms with Gasteiger partial charge in [-0.15, -0.1) is 0 Å². The van der Waals surface area contributed by atoms with Gasteiger partial charge in [0.25, 0.3) is 11.6 Å². The summed E-state index contributed by atoms with van der Waals surface area (Å²) in [6, 6.07) is 19.2. The molecular formula is C22H18N2O5. The van der Waals surface area contributed by atoms with E-state index in [2.05, 4.69) is 0 Å². The third kappa shape index (κ3) is 4.47. The van der Waals surface area contributed by atoms with Gasteiger partial charge in [0.2, 0.25) is 0 Å². The highest BCUT2D eigenvalue weighted by atomic mass is 16.6. The van der Waals surface area contributed by atoms with E-state index in [1.807, 2.05) is 19.1 Å². The SMILES string of the molecule is Cc1ccc(C(=O)N(C)c2ccc(OC(=O)c3ccccc3[N+](=O)[O-])cc2)cc1. The van der Waals surface area contributed by atoms with Gasteiger partial charge >= 0.3 is 5.97 Å². The Kier molecular flexibility index (Phi) is 5.69. The standard InChI is InChI=1S/C22H18N2O5/c1-15-7-9-16(10-8-15)21(25)23(2)17-11-13-18(14-12-17)29-22(26)19-5-3-4-6-20(19)24(27)28/h3-14H,1-2H3. The van der Waals surface area contributed by atoms with E-state index in [4.69, 9.17) is 4.74 Å². The fourth-order valence-corrected chi connectivity index (χ4v) is 2.71. The molecule has 0 N–H and O–H groups in total. The summed E-state index contributed by atoms with van der Waals surface area (Å²) in [5.41, 5.74) is 1.78. The molecule has 1 amide bonds. The van der Waals surface area contributed by atoms with Crippen molar-refractivity contribution in [1.29, 1.82) is 0 Å². The van der Waals surface area contributed by atoms with E-state index >= 15 is 0 Å². The molecule has 0 aliphatic heterocycles. The number of ether oxygens (including phenoxy) is 1. The number of nitro groups is 1. The highest BCUT2D eigenvalue weighted by molar-refractivity contribution is 6.05. The molecule has 0 saturated carbocycles. The molecule has 3 aromatic rings. The third-order valence-electron chi connectivity index (χ3n) is 4.36. The van der Waals surface area contributed by atoms with Crippen LogP contribution in [0.1, 0.15) is 26.3 Å². The van der Waals surface area contributed by atoms with Crippen molar-refractivity contribution in [3.63, 3.8) is 0 Å². The second kappa shape index (κ2) is 8.35. The number of carbonyl (C=O) groups excluding carboxylic acids is 2. The van der Waals surface area contributed by atoms with Crippen molar-refractivity contribution >= 4 is 23.3 Å². The Morgan fingerprint density at radius 3 is 2.17 bits per heavy atom. The van der Waals surface area contributed by atoms with E-state index in [1.54, 1.807) is 31.3 Å². The highest BCUT2D eigenvalue weighted by Gasteiger charge is 2.21. The maximum Gasteiger partial charge on any atom is 0.350 e. The lowest BCUT2D eigenvalue weighted by Gasteiger charge is -2.18. The van der Waals surface area contributed by atoms with E-state index in [0.29, 0.717) is 11.3 Å². The van der Waals surface area contributed by atoms with E-state index in [-0.39, 0.29) is 22.9 Å². The summed E-state index contributed by atoms with van der Waals surface area (Å²) >= 11 is 0. The molecule has 0 unspecified atom stereocenters. The summed E-state index contributed by atoms with van der Waals surface area (Å²) in [6.45, 7) is 1.95. The molecule has 0 atom stereocenters. The van der Waals surface area contributed by atoms with Crippen LogP contribution in [0, 0.1) is 17.0 Å². The van der Waals surface area contributed by atoms with Crippen molar-refractivity contribution < 1.29 is 19.2 Å². The maximum atomic E-state index is 12.6. The summed E-state index contributed by atoms with van der Waals surface area (Å²) in [4.78, 5) is 36.8. The first-order chi connectivity index (χ1) is 13.9. The van der Waals surface area contributed by atoms with E-state index < -0.39 is 10.9 Å². The third-order valence-corrected chi connectivity index (χ3v) is 4.36. The summed E-state index contributed by atoms with van der Waals surface area (Å²) in [5, 5.41) is 11.1. The molecule has 29 heavy (non-hydrogen) atoms. The maximum absolute atomic E-state index is 12.6. The van der Waals surface area contributed by atoms with E-state index in [0.717, 1.165) is 5.56 Å². The number of hydrogen-bond donors (Lipinski definition) is 0. The number of esters is 1. The van der Waals surface area contributed by atoms with Crippen LogP contribution in [0.25, 0.3) is 0 Å². The molecule has 0 radical (unpaired) electrons. The van der Waals surface area contributed by atoms with Gasteiger partial charge in [-0.3, -0.25) is 14.9 Å². The van der Waals surface area contributed by atoms with Gasteiger partial charge in [-0.2, -0.15) is 0 Å². The number of benzene rings is 3. The Morgan fingerprint density at radius 2 is 1.55 bits per heavy atom. The average molecular weight is 390 g/mol. The number of amides is 1. The molecule has 3 aromatic carbocycles. The predicted molar refractivity (Wildman–Crippen MR) is 108 cm³/mol. The van der Waals surface area contributed by atoms with Crippen LogP contribution in [-0.4, -0.2) is 23.8 Å². The van der Waals surface area contributed by atoms with Crippen molar-refractivity contribution in [2.75, 3.05) is 11.9 Å². The minimum absolute atomic E-state index is 0.131. The van der Waals surface area contributed by atoms with Gasteiger partial charge in [0, 0.05) is 24.4 Å². The lowest BCUT2D eigenvalue weighted by molar-refractivity contribution is -0.385. The lowest BCUT2D eigenvalue weighted by atomic mass is 10.1. The van der Waals surface area contributed by atoms with Crippen LogP contribution in [0.3, 0.4) is 0 Å². The van der Waals surface area contributed by atoms with Gasteiger partial charge in [0.15, 0.2) is 0 Å². The van der Waals surface area contributed by atoms with E-state index in [9.17, 15) is 19.7 Å². The first-order valence-electron chi connectivity index (χ1n) is 8.77. The number of para-hydroxylation sites is 1. The number of hydrogen-bond acceptors (Lipinski definition) is 5. The first-order valence-corrected chi connectivity index (χ1v) is 8.77. The second-order valence-corrected chi connectivity index (χ2v) is 6.39. The number of anilines is 1. The number of rotatable bonds is 5. The molecule has 146 valence electrons. The molecule has 0 spiro atoms. The smallest absolute Gasteiger partial charge is 0.350 e. The molecule has 0 heterocycles. The van der Waals surface area contributed by atoms with Crippen molar-refractivity contribution in [1.82, 2.24) is 0 Å². The molecule has 0 aromatic heterocycles. The molecule has 0 fully saturated rings. The van der Waals surface area contributed by atoms with Crippen LogP contribution >= 0.6 is 0 Å². The van der Waals surface area contributed by atoms with Gasteiger partial charge in [-0.25, -0.2) is 4.79 Å². The fraction of sp³-hybridized carbons (Fsp3) is 0.0909. The van der Waals surface area contributed by atoms with E-state index in [1.165, 1.54) is 41.3 Å². The van der Waals surface area contributed by atoms with Crippen LogP contribution in [0.15, 0.2) is 72.8 Å².